The fourth-order valence-corrected chi connectivity index (χ4v) is 2.86. The third kappa shape index (κ3) is 1.20. The lowest BCUT2D eigenvalue weighted by molar-refractivity contribution is 0.111. The molecule has 0 atom stereocenters. The number of halogens is 1. The zero-order valence-corrected chi connectivity index (χ0v) is 8.98. The molecule has 5 heteroatoms. The first-order chi connectivity index (χ1) is 5.83. The maximum absolute atomic E-state index is 10.6. The molecule has 0 saturated carbocycles. The molecule has 0 amide bonds. The van der Waals surface area contributed by atoms with Gasteiger partial charge in [-0.3, -0.25) is 4.79 Å². The summed E-state index contributed by atoms with van der Waals surface area (Å²) in [7, 11) is 0. The van der Waals surface area contributed by atoms with Gasteiger partial charge in [0.05, 0.1) is 0 Å². The second kappa shape index (κ2) is 3.21. The Morgan fingerprint density at radius 2 is 2.00 bits per heavy atom. The van der Waals surface area contributed by atoms with Crippen molar-refractivity contribution >= 4 is 40.2 Å². The summed E-state index contributed by atoms with van der Waals surface area (Å²) in [6.45, 7) is 1.10. The van der Waals surface area contributed by atoms with Crippen molar-refractivity contribution in [3.05, 3.63) is 7.76 Å². The van der Waals surface area contributed by atoms with E-state index < -0.39 is 0 Å². The highest BCUT2D eigenvalue weighted by Gasteiger charge is 2.22. The summed E-state index contributed by atoms with van der Waals surface area (Å²) in [5.41, 5.74) is 0. The molecule has 2 rings (SSSR count). The maximum Gasteiger partial charge on any atom is 0.186 e. The van der Waals surface area contributed by atoms with E-state index in [1.165, 1.54) is 11.3 Å². The van der Waals surface area contributed by atoms with Gasteiger partial charge in [0, 0.05) is 0 Å². The second-order valence-electron chi connectivity index (χ2n) is 2.21. The van der Waals surface area contributed by atoms with Gasteiger partial charge in [-0.1, -0.05) is 0 Å². The smallest absolute Gasteiger partial charge is 0.186 e. The van der Waals surface area contributed by atoms with Gasteiger partial charge in [0.25, 0.3) is 0 Å². The summed E-state index contributed by atoms with van der Waals surface area (Å²) in [5, 5.41) is 0. The van der Waals surface area contributed by atoms with Crippen LogP contribution in [0.5, 0.6) is 11.5 Å². The third-order valence-electron chi connectivity index (χ3n) is 1.49. The van der Waals surface area contributed by atoms with Crippen LogP contribution in [0.25, 0.3) is 0 Å². The molecule has 0 radical (unpaired) electrons. The van der Waals surface area contributed by atoms with Crippen LogP contribution in [0.15, 0.2) is 0 Å². The number of hydrogen-bond donors (Lipinski definition) is 0. The molecule has 1 aromatic rings. The molecule has 0 aliphatic carbocycles. The van der Waals surface area contributed by atoms with E-state index in [1.807, 2.05) is 0 Å². The van der Waals surface area contributed by atoms with E-state index in [2.05, 4.69) is 22.6 Å². The SMILES string of the molecule is O=Cc1sc(I)c2c1OCCO2. The van der Waals surface area contributed by atoms with Crippen molar-refractivity contribution in [1.29, 1.82) is 0 Å². The molecular formula is C7H5IO3S. The van der Waals surface area contributed by atoms with Gasteiger partial charge in [-0.25, -0.2) is 0 Å². The van der Waals surface area contributed by atoms with Crippen LogP contribution in [-0.2, 0) is 0 Å². The average molecular weight is 296 g/mol. The Bertz CT molecular complexity index is 321. The molecule has 2 heterocycles. The van der Waals surface area contributed by atoms with Gasteiger partial charge in [-0.05, 0) is 22.6 Å². The summed E-state index contributed by atoms with van der Waals surface area (Å²) in [5.74, 6) is 1.35. The molecular weight excluding hydrogens is 291 g/mol. The molecule has 1 aliphatic heterocycles. The topological polar surface area (TPSA) is 35.5 Å². The number of carbonyl (C=O) groups is 1. The number of carbonyl (C=O) groups excluding carboxylic acids is 1. The molecule has 0 aromatic carbocycles. The van der Waals surface area contributed by atoms with Gasteiger partial charge < -0.3 is 9.47 Å². The van der Waals surface area contributed by atoms with E-state index in [-0.39, 0.29) is 0 Å². The quantitative estimate of drug-likeness (QED) is 0.587. The average Bonchev–Trinajstić information content (AvgIpc) is 2.44. The predicted octanol–water partition coefficient (Wildman–Crippen LogP) is 1.94. The van der Waals surface area contributed by atoms with Gasteiger partial charge in [0.1, 0.15) is 21.0 Å². The molecule has 0 unspecified atom stereocenters. The van der Waals surface area contributed by atoms with E-state index in [0.29, 0.717) is 23.8 Å². The molecule has 12 heavy (non-hydrogen) atoms. The summed E-state index contributed by atoms with van der Waals surface area (Å²) in [6.07, 6.45) is 0.806. The second-order valence-corrected chi connectivity index (χ2v) is 5.08. The van der Waals surface area contributed by atoms with Crippen LogP contribution in [0.4, 0.5) is 0 Å². The molecule has 0 fully saturated rings. The highest BCUT2D eigenvalue weighted by atomic mass is 127. The highest BCUT2D eigenvalue weighted by molar-refractivity contribution is 14.1. The standard InChI is InChI=1S/C7H5IO3S/c8-7-6-5(4(3-9)12-7)10-1-2-11-6/h3H,1-2H2. The number of ether oxygens (including phenoxy) is 2. The zero-order valence-electron chi connectivity index (χ0n) is 6.00. The Balaban J connectivity index is 2.53. The van der Waals surface area contributed by atoms with Crippen LogP contribution in [0.2, 0.25) is 0 Å². The van der Waals surface area contributed by atoms with E-state index in [0.717, 1.165) is 14.9 Å². The van der Waals surface area contributed by atoms with Crippen LogP contribution in [0.1, 0.15) is 9.67 Å². The van der Waals surface area contributed by atoms with Crippen LogP contribution >= 0.6 is 33.9 Å². The lowest BCUT2D eigenvalue weighted by atomic mass is 10.4. The Morgan fingerprint density at radius 1 is 1.33 bits per heavy atom. The van der Waals surface area contributed by atoms with Crippen molar-refractivity contribution in [2.45, 2.75) is 0 Å². The summed E-state index contributed by atoms with van der Waals surface area (Å²) >= 11 is 3.54. The van der Waals surface area contributed by atoms with E-state index in [9.17, 15) is 4.79 Å². The number of thiophene rings is 1. The number of aldehydes is 1. The zero-order chi connectivity index (χ0) is 8.55. The lowest BCUT2D eigenvalue weighted by Crippen LogP contribution is -2.15. The molecule has 64 valence electrons. The minimum absolute atomic E-state index is 0.528. The van der Waals surface area contributed by atoms with Gasteiger partial charge in [-0.2, -0.15) is 0 Å². The number of rotatable bonds is 1. The van der Waals surface area contributed by atoms with Gasteiger partial charge in [0.15, 0.2) is 17.8 Å². The highest BCUT2D eigenvalue weighted by Crippen LogP contribution is 2.43. The Kier molecular flexibility index (Phi) is 2.22. The molecule has 3 nitrogen and oxygen atoms in total. The van der Waals surface area contributed by atoms with Crippen LogP contribution in [0.3, 0.4) is 0 Å². The van der Waals surface area contributed by atoms with Crippen molar-refractivity contribution in [1.82, 2.24) is 0 Å². The normalized spacial score (nSPS) is 14.4. The summed E-state index contributed by atoms with van der Waals surface area (Å²) in [6, 6.07) is 0. The van der Waals surface area contributed by atoms with Crippen molar-refractivity contribution in [3.63, 3.8) is 0 Å². The van der Waals surface area contributed by atoms with E-state index in [4.69, 9.17) is 9.47 Å². The first-order valence-electron chi connectivity index (χ1n) is 3.36. The fourth-order valence-electron chi connectivity index (χ4n) is 1.01. The lowest BCUT2D eigenvalue weighted by Gasteiger charge is -2.15. The Morgan fingerprint density at radius 3 is 2.67 bits per heavy atom. The minimum Gasteiger partial charge on any atom is -0.484 e. The molecule has 1 aromatic heterocycles. The van der Waals surface area contributed by atoms with Crippen LogP contribution in [0, 0.1) is 2.88 Å². The van der Waals surface area contributed by atoms with Crippen molar-refractivity contribution in [3.8, 4) is 11.5 Å². The van der Waals surface area contributed by atoms with Gasteiger partial charge in [-0.15, -0.1) is 11.3 Å². The first-order valence-corrected chi connectivity index (χ1v) is 5.25. The number of fused-ring (bicyclic) bond motifs is 1. The molecule has 0 saturated heterocycles. The minimum atomic E-state index is 0.528. The molecule has 0 bridgehead atoms. The maximum atomic E-state index is 10.6. The van der Waals surface area contributed by atoms with Crippen molar-refractivity contribution in [2.24, 2.45) is 0 Å². The van der Waals surface area contributed by atoms with Crippen molar-refractivity contribution in [2.75, 3.05) is 13.2 Å². The van der Waals surface area contributed by atoms with Gasteiger partial charge in [0.2, 0.25) is 0 Å². The molecule has 0 spiro atoms. The molecule has 1 aliphatic rings. The molecule has 0 N–H and O–H groups in total. The van der Waals surface area contributed by atoms with E-state index >= 15 is 0 Å². The summed E-state index contributed by atoms with van der Waals surface area (Å²) < 4.78 is 11.6. The van der Waals surface area contributed by atoms with Crippen molar-refractivity contribution < 1.29 is 14.3 Å². The monoisotopic (exact) mass is 296 g/mol. The van der Waals surface area contributed by atoms with Gasteiger partial charge >= 0.3 is 0 Å². The first kappa shape index (κ1) is 8.31. The predicted molar refractivity (Wildman–Crippen MR) is 53.4 cm³/mol. The largest absolute Gasteiger partial charge is 0.484 e. The third-order valence-corrected chi connectivity index (χ3v) is 3.51. The van der Waals surface area contributed by atoms with E-state index in [1.54, 1.807) is 0 Å². The number of hydrogen-bond acceptors (Lipinski definition) is 4. The Labute approximate surface area is 86.8 Å². The van der Waals surface area contributed by atoms with Crippen LogP contribution in [-0.4, -0.2) is 19.5 Å². The summed E-state index contributed by atoms with van der Waals surface area (Å²) in [4.78, 5) is 11.2. The van der Waals surface area contributed by atoms with Crippen LogP contribution < -0.4 is 9.47 Å². The Hall–Kier alpha value is -0.300. The fraction of sp³-hybridized carbons (Fsp3) is 0.286.